The van der Waals surface area contributed by atoms with Gasteiger partial charge in [-0.15, -0.1) is 0 Å². The number of ether oxygens (including phenoxy) is 2. The standard InChI is InChI=1S/C18H20N2O4/c1-12(21)19-15-11-14(8-9-17(15)24-3)20-18(22)10-13-6-4-5-7-16(13)23-2/h4-9,11H,10H2,1-3H3,(H,19,21)(H,20,22). The molecule has 0 bridgehead atoms. The highest BCUT2D eigenvalue weighted by atomic mass is 16.5. The Kier molecular flexibility index (Phi) is 5.78. The lowest BCUT2D eigenvalue weighted by molar-refractivity contribution is -0.116. The summed E-state index contributed by atoms with van der Waals surface area (Å²) >= 11 is 0. The molecule has 2 N–H and O–H groups in total. The Morgan fingerprint density at radius 1 is 0.958 bits per heavy atom. The number of carbonyl (C=O) groups excluding carboxylic acids is 2. The third-order valence-electron chi connectivity index (χ3n) is 3.34. The first-order valence-corrected chi connectivity index (χ1v) is 7.41. The maximum atomic E-state index is 12.3. The molecule has 2 rings (SSSR count). The van der Waals surface area contributed by atoms with Gasteiger partial charge >= 0.3 is 0 Å². The van der Waals surface area contributed by atoms with E-state index in [2.05, 4.69) is 10.6 Å². The molecule has 0 atom stereocenters. The first-order chi connectivity index (χ1) is 11.5. The Balaban J connectivity index is 2.12. The molecule has 2 amide bonds. The fourth-order valence-corrected chi connectivity index (χ4v) is 2.30. The fourth-order valence-electron chi connectivity index (χ4n) is 2.30. The van der Waals surface area contributed by atoms with Crippen LogP contribution in [-0.2, 0) is 16.0 Å². The summed E-state index contributed by atoms with van der Waals surface area (Å²) in [5.41, 5.74) is 1.87. The lowest BCUT2D eigenvalue weighted by Crippen LogP contribution is -2.15. The second-order valence-electron chi connectivity index (χ2n) is 5.13. The van der Waals surface area contributed by atoms with Gasteiger partial charge in [0.25, 0.3) is 0 Å². The van der Waals surface area contributed by atoms with Gasteiger partial charge < -0.3 is 20.1 Å². The number of anilines is 2. The largest absolute Gasteiger partial charge is 0.496 e. The van der Waals surface area contributed by atoms with Crippen LogP contribution in [0.4, 0.5) is 11.4 Å². The van der Waals surface area contributed by atoms with Gasteiger partial charge in [-0.3, -0.25) is 9.59 Å². The van der Waals surface area contributed by atoms with E-state index in [1.807, 2.05) is 24.3 Å². The van der Waals surface area contributed by atoms with Crippen molar-refractivity contribution in [2.75, 3.05) is 24.9 Å². The number of benzene rings is 2. The predicted octanol–water partition coefficient (Wildman–Crippen LogP) is 2.84. The summed E-state index contributed by atoms with van der Waals surface area (Å²) in [6.07, 6.45) is 0.186. The van der Waals surface area contributed by atoms with Gasteiger partial charge in [-0.2, -0.15) is 0 Å². The molecule has 24 heavy (non-hydrogen) atoms. The second-order valence-corrected chi connectivity index (χ2v) is 5.13. The van der Waals surface area contributed by atoms with Crippen molar-refractivity contribution in [3.63, 3.8) is 0 Å². The van der Waals surface area contributed by atoms with Crippen molar-refractivity contribution in [3.05, 3.63) is 48.0 Å². The Morgan fingerprint density at radius 2 is 1.67 bits per heavy atom. The average molecular weight is 328 g/mol. The third-order valence-corrected chi connectivity index (χ3v) is 3.34. The zero-order chi connectivity index (χ0) is 17.5. The molecule has 0 aliphatic rings. The van der Waals surface area contributed by atoms with Crippen molar-refractivity contribution in [1.29, 1.82) is 0 Å². The van der Waals surface area contributed by atoms with Crippen molar-refractivity contribution >= 4 is 23.2 Å². The van der Waals surface area contributed by atoms with Crippen LogP contribution >= 0.6 is 0 Å². The van der Waals surface area contributed by atoms with Crippen LogP contribution in [0, 0.1) is 0 Å². The van der Waals surface area contributed by atoms with Crippen LogP contribution in [0.15, 0.2) is 42.5 Å². The summed E-state index contributed by atoms with van der Waals surface area (Å²) < 4.78 is 10.4. The molecule has 0 aliphatic carbocycles. The Hall–Kier alpha value is -3.02. The van der Waals surface area contributed by atoms with E-state index in [0.717, 1.165) is 5.56 Å². The van der Waals surface area contributed by atoms with Gasteiger partial charge in [-0.25, -0.2) is 0 Å². The lowest BCUT2D eigenvalue weighted by Gasteiger charge is -2.12. The highest BCUT2D eigenvalue weighted by Crippen LogP contribution is 2.28. The van der Waals surface area contributed by atoms with Gasteiger partial charge in [0, 0.05) is 18.2 Å². The highest BCUT2D eigenvalue weighted by molar-refractivity contribution is 5.95. The molecule has 2 aromatic rings. The summed E-state index contributed by atoms with van der Waals surface area (Å²) in [5.74, 6) is 0.790. The normalized spacial score (nSPS) is 9.96. The maximum Gasteiger partial charge on any atom is 0.228 e. The van der Waals surface area contributed by atoms with Crippen LogP contribution in [0.2, 0.25) is 0 Å². The minimum atomic E-state index is -0.217. The van der Waals surface area contributed by atoms with Crippen molar-refractivity contribution in [2.45, 2.75) is 13.3 Å². The number of methoxy groups -OCH3 is 2. The number of amides is 2. The average Bonchev–Trinajstić information content (AvgIpc) is 2.55. The van der Waals surface area contributed by atoms with Crippen LogP contribution < -0.4 is 20.1 Å². The third kappa shape index (κ3) is 4.49. The highest BCUT2D eigenvalue weighted by Gasteiger charge is 2.11. The molecule has 0 aliphatic heterocycles. The molecule has 6 nitrogen and oxygen atoms in total. The summed E-state index contributed by atoms with van der Waals surface area (Å²) in [4.78, 5) is 23.5. The number of carbonyl (C=O) groups is 2. The van der Waals surface area contributed by atoms with Gasteiger partial charge in [0.1, 0.15) is 11.5 Å². The van der Waals surface area contributed by atoms with Gasteiger partial charge in [0.15, 0.2) is 0 Å². The zero-order valence-corrected chi connectivity index (χ0v) is 13.9. The maximum absolute atomic E-state index is 12.3. The van der Waals surface area contributed by atoms with Crippen LogP contribution in [-0.4, -0.2) is 26.0 Å². The smallest absolute Gasteiger partial charge is 0.228 e. The molecule has 0 saturated carbocycles. The predicted molar refractivity (Wildman–Crippen MR) is 92.6 cm³/mol. The molecule has 0 unspecified atom stereocenters. The Labute approximate surface area is 140 Å². The van der Waals surface area contributed by atoms with Gasteiger partial charge in [-0.05, 0) is 24.3 Å². The summed E-state index contributed by atoms with van der Waals surface area (Å²) in [7, 11) is 3.08. The molecule has 0 fully saturated rings. The summed E-state index contributed by atoms with van der Waals surface area (Å²) in [5, 5.41) is 5.48. The Bertz CT molecular complexity index is 744. The van der Waals surface area contributed by atoms with Crippen LogP contribution in [0.3, 0.4) is 0 Å². The van der Waals surface area contributed by atoms with Crippen LogP contribution in [0.1, 0.15) is 12.5 Å². The summed E-state index contributed by atoms with van der Waals surface area (Å²) in [6.45, 7) is 1.41. The van der Waals surface area contributed by atoms with Crippen molar-refractivity contribution in [2.24, 2.45) is 0 Å². The number of hydrogen-bond donors (Lipinski definition) is 2. The monoisotopic (exact) mass is 328 g/mol. The minimum Gasteiger partial charge on any atom is -0.496 e. The topological polar surface area (TPSA) is 76.7 Å². The summed E-state index contributed by atoms with van der Waals surface area (Å²) in [6, 6.07) is 12.4. The fraction of sp³-hybridized carbons (Fsp3) is 0.222. The van der Waals surface area contributed by atoms with Crippen molar-refractivity contribution in [3.8, 4) is 11.5 Å². The second kappa shape index (κ2) is 8.01. The Morgan fingerprint density at radius 3 is 2.33 bits per heavy atom. The van der Waals surface area contributed by atoms with E-state index in [9.17, 15) is 9.59 Å². The minimum absolute atomic E-state index is 0.182. The SMILES string of the molecule is COc1ccccc1CC(=O)Nc1ccc(OC)c(NC(C)=O)c1. The first-order valence-electron chi connectivity index (χ1n) is 7.41. The van der Waals surface area contributed by atoms with E-state index in [1.54, 1.807) is 25.3 Å². The van der Waals surface area contributed by atoms with Crippen LogP contribution in [0.25, 0.3) is 0 Å². The molecule has 126 valence electrons. The molecular formula is C18H20N2O4. The molecule has 0 spiro atoms. The van der Waals surface area contributed by atoms with E-state index in [1.165, 1.54) is 14.0 Å². The number of para-hydroxylation sites is 1. The number of nitrogens with one attached hydrogen (secondary N) is 2. The van der Waals surface area contributed by atoms with E-state index in [-0.39, 0.29) is 18.2 Å². The first kappa shape index (κ1) is 17.3. The van der Waals surface area contributed by atoms with Crippen molar-refractivity contribution in [1.82, 2.24) is 0 Å². The zero-order valence-electron chi connectivity index (χ0n) is 13.9. The van der Waals surface area contributed by atoms with E-state index >= 15 is 0 Å². The van der Waals surface area contributed by atoms with Crippen LogP contribution in [0.5, 0.6) is 11.5 Å². The molecule has 0 saturated heterocycles. The van der Waals surface area contributed by atoms with Gasteiger partial charge in [0.2, 0.25) is 11.8 Å². The van der Waals surface area contributed by atoms with E-state index < -0.39 is 0 Å². The number of hydrogen-bond acceptors (Lipinski definition) is 4. The van der Waals surface area contributed by atoms with E-state index in [4.69, 9.17) is 9.47 Å². The van der Waals surface area contributed by atoms with Crippen molar-refractivity contribution < 1.29 is 19.1 Å². The molecular weight excluding hydrogens is 308 g/mol. The van der Waals surface area contributed by atoms with Gasteiger partial charge in [-0.1, -0.05) is 18.2 Å². The lowest BCUT2D eigenvalue weighted by atomic mass is 10.1. The molecule has 2 aromatic carbocycles. The molecule has 0 aromatic heterocycles. The van der Waals surface area contributed by atoms with Gasteiger partial charge in [0.05, 0.1) is 26.3 Å². The number of rotatable bonds is 6. The quantitative estimate of drug-likeness (QED) is 0.855. The molecule has 0 radical (unpaired) electrons. The van der Waals surface area contributed by atoms with E-state index in [0.29, 0.717) is 22.9 Å². The molecule has 6 heteroatoms. The molecule has 0 heterocycles.